The van der Waals surface area contributed by atoms with Gasteiger partial charge in [-0.15, -0.1) is 17.0 Å². The summed E-state index contributed by atoms with van der Waals surface area (Å²) in [5.41, 5.74) is 2.76. The van der Waals surface area contributed by atoms with Crippen LogP contribution in [0.2, 0.25) is 0 Å². The van der Waals surface area contributed by atoms with E-state index in [9.17, 15) is 0 Å². The number of amidine groups is 1. The van der Waals surface area contributed by atoms with Gasteiger partial charge in [-0.2, -0.15) is 0 Å². The van der Waals surface area contributed by atoms with Crippen molar-refractivity contribution in [2.75, 3.05) is 13.1 Å². The number of fused-ring (bicyclic) bond motifs is 2. The van der Waals surface area contributed by atoms with E-state index in [0.29, 0.717) is 0 Å². The summed E-state index contributed by atoms with van der Waals surface area (Å²) in [7, 11) is 0. The zero-order chi connectivity index (χ0) is 14.2. The van der Waals surface area contributed by atoms with Gasteiger partial charge < -0.3 is 4.90 Å². The predicted octanol–water partition coefficient (Wildman–Crippen LogP) is 5.30. The zero-order valence-corrected chi connectivity index (χ0v) is 15.1. The third-order valence-corrected chi connectivity index (χ3v) is 5.25. The topological polar surface area (TPSA) is 15.6 Å². The fraction of sp³-hybridized carbons (Fsp3) is 0.278. The highest BCUT2D eigenvalue weighted by molar-refractivity contribution is 8.93. The SMILES string of the molecule is Br.CCCC1=C(c2cccc3ccccc23)N2CCN=C2S1. The van der Waals surface area contributed by atoms with Crippen LogP contribution in [0.4, 0.5) is 0 Å². The molecule has 2 aliphatic heterocycles. The molecule has 114 valence electrons. The highest BCUT2D eigenvalue weighted by Gasteiger charge is 2.32. The van der Waals surface area contributed by atoms with Crippen LogP contribution in [0.1, 0.15) is 25.3 Å². The third kappa shape index (κ3) is 2.48. The molecule has 0 aromatic heterocycles. The van der Waals surface area contributed by atoms with Gasteiger partial charge in [-0.1, -0.05) is 67.6 Å². The molecule has 0 spiro atoms. The van der Waals surface area contributed by atoms with Gasteiger partial charge in [0, 0.05) is 17.0 Å². The molecule has 0 fully saturated rings. The molecule has 0 radical (unpaired) electrons. The average Bonchev–Trinajstić information content (AvgIpc) is 3.08. The molecule has 0 aliphatic carbocycles. The molecule has 0 saturated carbocycles. The van der Waals surface area contributed by atoms with Crippen molar-refractivity contribution in [3.63, 3.8) is 0 Å². The molecule has 4 heteroatoms. The summed E-state index contributed by atoms with van der Waals surface area (Å²) in [5.74, 6) is 0. The van der Waals surface area contributed by atoms with Crippen LogP contribution in [-0.2, 0) is 0 Å². The van der Waals surface area contributed by atoms with E-state index in [1.807, 2.05) is 11.8 Å². The largest absolute Gasteiger partial charge is 0.318 e. The molecule has 22 heavy (non-hydrogen) atoms. The highest BCUT2D eigenvalue weighted by atomic mass is 79.9. The molecule has 2 aromatic rings. The summed E-state index contributed by atoms with van der Waals surface area (Å²) in [6, 6.07) is 15.3. The monoisotopic (exact) mass is 374 g/mol. The first-order chi connectivity index (χ1) is 10.4. The van der Waals surface area contributed by atoms with Crippen LogP contribution >= 0.6 is 28.7 Å². The fourth-order valence-electron chi connectivity index (χ4n) is 3.15. The Morgan fingerprint density at radius 2 is 1.95 bits per heavy atom. The van der Waals surface area contributed by atoms with Gasteiger partial charge in [0.25, 0.3) is 0 Å². The normalized spacial score (nSPS) is 16.8. The second-order valence-corrected chi connectivity index (χ2v) is 6.53. The van der Waals surface area contributed by atoms with Crippen molar-refractivity contribution >= 4 is 50.4 Å². The summed E-state index contributed by atoms with van der Waals surface area (Å²) >= 11 is 1.87. The Morgan fingerprint density at radius 1 is 1.14 bits per heavy atom. The maximum atomic E-state index is 4.65. The Hall–Kier alpha value is -1.26. The average molecular weight is 375 g/mol. The van der Waals surface area contributed by atoms with Gasteiger partial charge in [0.05, 0.1) is 12.2 Å². The smallest absolute Gasteiger partial charge is 0.168 e. The number of hydrogen-bond donors (Lipinski definition) is 0. The van der Waals surface area contributed by atoms with E-state index in [1.54, 1.807) is 0 Å². The van der Waals surface area contributed by atoms with E-state index in [4.69, 9.17) is 0 Å². The van der Waals surface area contributed by atoms with E-state index in [2.05, 4.69) is 59.3 Å². The van der Waals surface area contributed by atoms with Crippen LogP contribution in [0, 0.1) is 0 Å². The van der Waals surface area contributed by atoms with Gasteiger partial charge in [-0.25, -0.2) is 0 Å². The summed E-state index contributed by atoms with van der Waals surface area (Å²) in [6.07, 6.45) is 2.32. The van der Waals surface area contributed by atoms with E-state index in [1.165, 1.54) is 38.5 Å². The summed E-state index contributed by atoms with van der Waals surface area (Å²) in [6.45, 7) is 4.20. The quantitative estimate of drug-likeness (QED) is 0.723. The Bertz CT molecular complexity index is 761. The van der Waals surface area contributed by atoms with Crippen LogP contribution in [0.3, 0.4) is 0 Å². The van der Waals surface area contributed by atoms with Crippen molar-refractivity contribution in [3.05, 3.63) is 52.9 Å². The lowest BCUT2D eigenvalue weighted by Gasteiger charge is -2.19. The molecular weight excluding hydrogens is 356 g/mol. The molecule has 0 atom stereocenters. The first-order valence-corrected chi connectivity index (χ1v) is 8.41. The van der Waals surface area contributed by atoms with E-state index < -0.39 is 0 Å². The molecule has 4 rings (SSSR count). The number of thioether (sulfide) groups is 1. The Kier molecular flexibility index (Phi) is 4.59. The number of aliphatic imine (C=N–C) groups is 1. The molecule has 0 unspecified atom stereocenters. The third-order valence-electron chi connectivity index (χ3n) is 4.07. The second-order valence-electron chi connectivity index (χ2n) is 5.47. The van der Waals surface area contributed by atoms with E-state index in [-0.39, 0.29) is 17.0 Å². The molecule has 2 aliphatic rings. The number of hydrogen-bond acceptors (Lipinski definition) is 3. The first kappa shape index (κ1) is 15.6. The Morgan fingerprint density at radius 3 is 2.82 bits per heavy atom. The number of nitrogens with zero attached hydrogens (tertiary/aromatic N) is 2. The van der Waals surface area contributed by atoms with Crippen molar-refractivity contribution in [2.45, 2.75) is 19.8 Å². The summed E-state index contributed by atoms with van der Waals surface area (Å²) in [4.78, 5) is 8.54. The van der Waals surface area contributed by atoms with Crippen molar-refractivity contribution in [1.29, 1.82) is 0 Å². The number of allylic oxidation sites excluding steroid dienone is 1. The molecule has 0 saturated heterocycles. The predicted molar refractivity (Wildman–Crippen MR) is 103 cm³/mol. The van der Waals surface area contributed by atoms with E-state index in [0.717, 1.165) is 19.5 Å². The van der Waals surface area contributed by atoms with Crippen molar-refractivity contribution < 1.29 is 0 Å². The standard InChI is InChI=1S/C18H18N2S.BrH/c1-2-6-16-17(20-12-11-19-18(20)21-16)15-10-5-8-13-7-3-4-9-14(13)15;/h3-5,7-10H,2,6,11-12H2,1H3;1H. The summed E-state index contributed by atoms with van der Waals surface area (Å²) < 4.78 is 0. The minimum absolute atomic E-state index is 0. The zero-order valence-electron chi connectivity index (χ0n) is 12.6. The van der Waals surface area contributed by atoms with Crippen LogP contribution in [0.25, 0.3) is 16.5 Å². The first-order valence-electron chi connectivity index (χ1n) is 7.59. The van der Waals surface area contributed by atoms with Gasteiger partial charge in [0.2, 0.25) is 0 Å². The van der Waals surface area contributed by atoms with Crippen LogP contribution in [0.15, 0.2) is 52.4 Å². The maximum absolute atomic E-state index is 4.65. The second kappa shape index (κ2) is 6.47. The number of rotatable bonds is 3. The van der Waals surface area contributed by atoms with Gasteiger partial charge in [-0.05, 0) is 17.2 Å². The van der Waals surface area contributed by atoms with Crippen LogP contribution in [0.5, 0.6) is 0 Å². The lowest BCUT2D eigenvalue weighted by Crippen LogP contribution is -2.20. The molecule has 2 heterocycles. The van der Waals surface area contributed by atoms with Crippen molar-refractivity contribution in [1.82, 2.24) is 4.90 Å². The Labute approximate surface area is 146 Å². The molecule has 2 aromatic carbocycles. The molecule has 0 bridgehead atoms. The van der Waals surface area contributed by atoms with E-state index >= 15 is 0 Å². The Balaban J connectivity index is 0.00000144. The van der Waals surface area contributed by atoms with Crippen LogP contribution < -0.4 is 0 Å². The minimum atomic E-state index is 0. The van der Waals surface area contributed by atoms with Crippen LogP contribution in [-0.4, -0.2) is 23.2 Å². The molecular formula is C18H19BrN2S. The molecule has 2 nitrogen and oxygen atoms in total. The molecule has 0 amide bonds. The summed E-state index contributed by atoms with van der Waals surface area (Å²) in [5, 5.41) is 3.85. The van der Waals surface area contributed by atoms with Gasteiger partial charge in [-0.3, -0.25) is 4.99 Å². The highest BCUT2D eigenvalue weighted by Crippen LogP contribution is 2.45. The van der Waals surface area contributed by atoms with Gasteiger partial charge in [0.1, 0.15) is 0 Å². The molecule has 0 N–H and O–H groups in total. The van der Waals surface area contributed by atoms with Gasteiger partial charge >= 0.3 is 0 Å². The minimum Gasteiger partial charge on any atom is -0.318 e. The number of halogens is 1. The van der Waals surface area contributed by atoms with Crippen molar-refractivity contribution in [2.24, 2.45) is 4.99 Å². The maximum Gasteiger partial charge on any atom is 0.168 e. The van der Waals surface area contributed by atoms with Gasteiger partial charge in [0.15, 0.2) is 5.17 Å². The lowest BCUT2D eigenvalue weighted by molar-refractivity contribution is 0.646. The number of benzene rings is 2. The fourth-order valence-corrected chi connectivity index (χ4v) is 4.45. The lowest BCUT2D eigenvalue weighted by atomic mass is 10.0. The van der Waals surface area contributed by atoms with Crippen molar-refractivity contribution in [3.8, 4) is 0 Å².